The van der Waals surface area contributed by atoms with Crippen molar-refractivity contribution in [2.24, 2.45) is 0 Å². The van der Waals surface area contributed by atoms with Crippen LogP contribution in [-0.4, -0.2) is 15.6 Å². The third-order valence-electron chi connectivity index (χ3n) is 1.97. The van der Waals surface area contributed by atoms with E-state index >= 15 is 0 Å². The number of hydrogen-bond acceptors (Lipinski definition) is 2. The molecule has 14 heavy (non-hydrogen) atoms. The zero-order chi connectivity index (χ0) is 10.6. The van der Waals surface area contributed by atoms with Crippen LogP contribution in [0, 0.1) is 0 Å². The van der Waals surface area contributed by atoms with Gasteiger partial charge in [-0.25, -0.2) is 0 Å². The molecule has 0 radical (unpaired) electrons. The maximum atomic E-state index is 11.7. The molecule has 78 valence electrons. The lowest BCUT2D eigenvalue weighted by molar-refractivity contribution is 0.0971. The Bertz CT molecular complexity index is 320. The van der Waals surface area contributed by atoms with E-state index in [4.69, 9.17) is 11.6 Å². The fraction of sp³-hybridized carbons (Fsp3) is 0.600. The van der Waals surface area contributed by atoms with Gasteiger partial charge >= 0.3 is 0 Å². The van der Waals surface area contributed by atoms with Crippen molar-refractivity contribution >= 4 is 17.4 Å². The van der Waals surface area contributed by atoms with Crippen molar-refractivity contribution in [2.45, 2.75) is 39.7 Å². The quantitative estimate of drug-likeness (QED) is 0.707. The molecule has 4 heteroatoms. The van der Waals surface area contributed by atoms with E-state index < -0.39 is 0 Å². The van der Waals surface area contributed by atoms with Crippen LogP contribution in [0.5, 0.6) is 0 Å². The predicted octanol–water partition coefficient (Wildman–Crippen LogP) is 2.93. The highest BCUT2D eigenvalue weighted by atomic mass is 35.5. The van der Waals surface area contributed by atoms with Crippen LogP contribution in [0.1, 0.15) is 43.6 Å². The van der Waals surface area contributed by atoms with E-state index in [1.54, 1.807) is 10.9 Å². The van der Waals surface area contributed by atoms with Gasteiger partial charge in [-0.05, 0) is 12.8 Å². The van der Waals surface area contributed by atoms with Crippen LogP contribution in [0.2, 0.25) is 5.02 Å². The topological polar surface area (TPSA) is 34.9 Å². The Balaban J connectivity index is 2.92. The van der Waals surface area contributed by atoms with Crippen LogP contribution in [0.3, 0.4) is 0 Å². The number of rotatable bonds is 5. The van der Waals surface area contributed by atoms with Gasteiger partial charge in [0, 0.05) is 13.0 Å². The number of hydrogen-bond donors (Lipinski definition) is 0. The molecular weight excluding hydrogens is 200 g/mol. The Morgan fingerprint density at radius 3 is 2.79 bits per heavy atom. The van der Waals surface area contributed by atoms with Gasteiger partial charge in [0.1, 0.15) is 5.69 Å². The summed E-state index contributed by atoms with van der Waals surface area (Å²) < 4.78 is 1.69. The summed E-state index contributed by atoms with van der Waals surface area (Å²) in [4.78, 5) is 11.7. The lowest BCUT2D eigenvalue weighted by Crippen LogP contribution is -2.10. The Morgan fingerprint density at radius 2 is 2.21 bits per heavy atom. The second kappa shape index (κ2) is 5.15. The van der Waals surface area contributed by atoms with Gasteiger partial charge in [-0.15, -0.1) is 0 Å². The Morgan fingerprint density at radius 1 is 1.50 bits per heavy atom. The van der Waals surface area contributed by atoms with Crippen LogP contribution in [0.4, 0.5) is 0 Å². The fourth-order valence-corrected chi connectivity index (χ4v) is 1.61. The minimum absolute atomic E-state index is 0.0865. The smallest absolute Gasteiger partial charge is 0.182 e. The maximum absolute atomic E-state index is 11.7. The van der Waals surface area contributed by atoms with E-state index in [1.807, 2.05) is 13.8 Å². The third-order valence-corrected chi connectivity index (χ3v) is 2.25. The largest absolute Gasteiger partial charge is 0.292 e. The number of ketones is 1. The zero-order valence-electron chi connectivity index (χ0n) is 8.59. The molecule has 3 nitrogen and oxygen atoms in total. The molecule has 0 spiro atoms. The first-order chi connectivity index (χ1) is 6.70. The number of carbonyl (C=O) groups excluding carboxylic acids is 1. The van der Waals surface area contributed by atoms with Crippen molar-refractivity contribution in [3.8, 4) is 0 Å². The normalized spacial score (nSPS) is 10.5. The first-order valence-electron chi connectivity index (χ1n) is 4.95. The van der Waals surface area contributed by atoms with E-state index in [9.17, 15) is 4.79 Å². The lowest BCUT2D eigenvalue weighted by Gasteiger charge is -2.04. The molecule has 0 saturated heterocycles. The minimum Gasteiger partial charge on any atom is -0.292 e. The molecule has 0 aliphatic carbocycles. The van der Waals surface area contributed by atoms with Crippen LogP contribution in [0.25, 0.3) is 0 Å². The summed E-state index contributed by atoms with van der Waals surface area (Å²) in [5.74, 6) is 0.0865. The fourth-order valence-electron chi connectivity index (χ4n) is 1.37. The first-order valence-corrected chi connectivity index (χ1v) is 5.33. The molecule has 0 aromatic carbocycles. The minimum atomic E-state index is 0.0865. The lowest BCUT2D eigenvalue weighted by atomic mass is 10.2. The summed E-state index contributed by atoms with van der Waals surface area (Å²) >= 11 is 5.91. The molecule has 0 amide bonds. The highest BCUT2D eigenvalue weighted by Gasteiger charge is 2.15. The Labute approximate surface area is 89.1 Å². The van der Waals surface area contributed by atoms with Crippen LogP contribution >= 0.6 is 11.6 Å². The van der Waals surface area contributed by atoms with Crippen molar-refractivity contribution in [3.63, 3.8) is 0 Å². The van der Waals surface area contributed by atoms with Crippen molar-refractivity contribution in [3.05, 3.63) is 16.9 Å². The van der Waals surface area contributed by atoms with E-state index in [0.717, 1.165) is 19.4 Å². The van der Waals surface area contributed by atoms with Crippen molar-refractivity contribution in [1.29, 1.82) is 0 Å². The van der Waals surface area contributed by atoms with E-state index in [0.29, 0.717) is 17.1 Å². The van der Waals surface area contributed by atoms with Gasteiger partial charge in [0.25, 0.3) is 0 Å². The molecule has 0 N–H and O–H groups in total. The molecule has 0 unspecified atom stereocenters. The van der Waals surface area contributed by atoms with Gasteiger partial charge in [0.15, 0.2) is 5.78 Å². The number of nitrogens with zero attached hydrogens (tertiary/aromatic N) is 2. The number of carbonyl (C=O) groups is 1. The van der Waals surface area contributed by atoms with Gasteiger partial charge in [-0.1, -0.05) is 25.4 Å². The molecular formula is C10H15ClN2O. The highest BCUT2D eigenvalue weighted by Crippen LogP contribution is 2.17. The SMILES string of the molecule is CCCC(=O)c1c(Cl)cnn1CCC. The zero-order valence-corrected chi connectivity index (χ0v) is 9.34. The van der Waals surface area contributed by atoms with Crippen molar-refractivity contribution in [2.75, 3.05) is 0 Å². The van der Waals surface area contributed by atoms with Crippen LogP contribution < -0.4 is 0 Å². The van der Waals surface area contributed by atoms with E-state index in [-0.39, 0.29) is 5.78 Å². The molecule has 1 aromatic heterocycles. The Kier molecular flexibility index (Phi) is 4.14. The molecule has 1 aromatic rings. The van der Waals surface area contributed by atoms with E-state index in [2.05, 4.69) is 5.10 Å². The Hall–Kier alpha value is -0.830. The number of aryl methyl sites for hydroxylation is 1. The summed E-state index contributed by atoms with van der Waals surface area (Å²) in [5, 5.41) is 4.54. The summed E-state index contributed by atoms with van der Waals surface area (Å²) in [5.41, 5.74) is 0.565. The molecule has 0 atom stereocenters. The van der Waals surface area contributed by atoms with Crippen molar-refractivity contribution < 1.29 is 4.79 Å². The number of aromatic nitrogens is 2. The molecule has 0 aliphatic rings. The first kappa shape index (κ1) is 11.2. The average Bonchev–Trinajstić information content (AvgIpc) is 2.48. The second-order valence-corrected chi connectivity index (χ2v) is 3.64. The van der Waals surface area contributed by atoms with Gasteiger partial charge in [0.05, 0.1) is 11.2 Å². The maximum Gasteiger partial charge on any atom is 0.182 e. The number of Topliss-reactive ketones (excluding diaryl/α,β-unsaturated/α-hetero) is 1. The van der Waals surface area contributed by atoms with E-state index in [1.165, 1.54) is 0 Å². The monoisotopic (exact) mass is 214 g/mol. The summed E-state index contributed by atoms with van der Waals surface area (Å²) in [6.45, 7) is 4.77. The molecule has 0 fully saturated rings. The standard InChI is InChI=1S/C10H15ClN2O/c1-3-5-9(14)10-8(11)7-12-13(10)6-4-2/h7H,3-6H2,1-2H3. The van der Waals surface area contributed by atoms with Crippen LogP contribution in [0.15, 0.2) is 6.20 Å². The molecule has 1 heterocycles. The van der Waals surface area contributed by atoms with Crippen molar-refractivity contribution in [1.82, 2.24) is 9.78 Å². The van der Waals surface area contributed by atoms with Gasteiger partial charge in [-0.2, -0.15) is 5.10 Å². The average molecular weight is 215 g/mol. The highest BCUT2D eigenvalue weighted by molar-refractivity contribution is 6.33. The predicted molar refractivity (Wildman–Crippen MR) is 56.8 cm³/mol. The molecule has 0 bridgehead atoms. The summed E-state index contributed by atoms with van der Waals surface area (Å²) in [6, 6.07) is 0. The molecule has 0 aliphatic heterocycles. The van der Waals surface area contributed by atoms with Gasteiger partial charge < -0.3 is 0 Å². The number of halogens is 1. The third kappa shape index (κ3) is 2.35. The molecule has 0 saturated carbocycles. The molecule has 1 rings (SSSR count). The van der Waals surface area contributed by atoms with Crippen LogP contribution in [-0.2, 0) is 6.54 Å². The summed E-state index contributed by atoms with van der Waals surface area (Å²) in [7, 11) is 0. The second-order valence-electron chi connectivity index (χ2n) is 3.24. The van der Waals surface area contributed by atoms with Gasteiger partial charge in [0.2, 0.25) is 0 Å². The van der Waals surface area contributed by atoms with Gasteiger partial charge in [-0.3, -0.25) is 9.48 Å². The summed E-state index contributed by atoms with van der Waals surface area (Å²) in [6.07, 6.45) is 3.87.